The van der Waals surface area contributed by atoms with Crippen molar-refractivity contribution in [1.29, 1.82) is 0 Å². The van der Waals surface area contributed by atoms with E-state index in [0.29, 0.717) is 0 Å². The summed E-state index contributed by atoms with van der Waals surface area (Å²) in [6.45, 7) is 2.48. The summed E-state index contributed by atoms with van der Waals surface area (Å²) in [6, 6.07) is -0.499. The molecule has 2 atom stereocenters. The molecule has 2 heterocycles. The summed E-state index contributed by atoms with van der Waals surface area (Å²) in [4.78, 5) is 24.5. The van der Waals surface area contributed by atoms with Crippen LogP contribution in [-0.2, 0) is 9.59 Å². The summed E-state index contributed by atoms with van der Waals surface area (Å²) in [6.07, 6.45) is 1.78. The second-order valence-corrected chi connectivity index (χ2v) is 3.42. The Hall–Kier alpha value is -1.06. The van der Waals surface area contributed by atoms with Crippen LogP contribution in [0, 0.1) is 0 Å². The van der Waals surface area contributed by atoms with Crippen molar-refractivity contribution < 1.29 is 9.59 Å². The first-order valence-corrected chi connectivity index (χ1v) is 4.31. The summed E-state index contributed by atoms with van der Waals surface area (Å²) in [5, 5.41) is 2.67. The molecule has 2 fully saturated rings. The second kappa shape index (κ2) is 2.47. The van der Waals surface area contributed by atoms with E-state index in [4.69, 9.17) is 0 Å². The maximum absolute atomic E-state index is 11.5. The molecule has 0 aromatic rings. The summed E-state index contributed by atoms with van der Waals surface area (Å²) >= 11 is 0. The number of hydrogen-bond donors (Lipinski definition) is 1. The van der Waals surface area contributed by atoms with Gasteiger partial charge in [-0.2, -0.15) is 0 Å². The van der Waals surface area contributed by atoms with Crippen LogP contribution in [0.3, 0.4) is 0 Å². The van der Waals surface area contributed by atoms with E-state index in [-0.39, 0.29) is 23.9 Å². The van der Waals surface area contributed by atoms with Gasteiger partial charge in [0.15, 0.2) is 0 Å². The van der Waals surface area contributed by atoms with Gasteiger partial charge in [-0.05, 0) is 19.8 Å². The van der Waals surface area contributed by atoms with Crippen LogP contribution in [-0.4, -0.2) is 35.3 Å². The third-order valence-electron chi connectivity index (χ3n) is 2.57. The monoisotopic (exact) mass is 168 g/mol. The Morgan fingerprint density at radius 2 is 2.25 bits per heavy atom. The van der Waals surface area contributed by atoms with E-state index in [0.717, 1.165) is 19.4 Å². The molecule has 0 aliphatic carbocycles. The van der Waals surface area contributed by atoms with Gasteiger partial charge in [0.1, 0.15) is 12.1 Å². The van der Waals surface area contributed by atoms with Crippen molar-refractivity contribution in [3.05, 3.63) is 0 Å². The predicted molar refractivity (Wildman–Crippen MR) is 42.3 cm³/mol. The number of nitrogens with zero attached hydrogens (tertiary/aromatic N) is 1. The summed E-state index contributed by atoms with van der Waals surface area (Å²) in [5.41, 5.74) is 0. The van der Waals surface area contributed by atoms with Gasteiger partial charge >= 0.3 is 0 Å². The highest BCUT2D eigenvalue weighted by atomic mass is 16.2. The first kappa shape index (κ1) is 7.58. The molecule has 0 bridgehead atoms. The van der Waals surface area contributed by atoms with Crippen molar-refractivity contribution in [2.45, 2.75) is 31.8 Å². The summed E-state index contributed by atoms with van der Waals surface area (Å²) in [7, 11) is 0. The molecule has 2 saturated heterocycles. The maximum Gasteiger partial charge on any atom is 0.245 e. The molecule has 2 aliphatic rings. The Morgan fingerprint density at radius 1 is 1.50 bits per heavy atom. The van der Waals surface area contributed by atoms with Gasteiger partial charge in [-0.3, -0.25) is 9.59 Å². The smallest absolute Gasteiger partial charge is 0.245 e. The zero-order chi connectivity index (χ0) is 8.72. The molecular formula is C8H12N2O2. The lowest BCUT2D eigenvalue weighted by molar-refractivity contribution is -0.146. The van der Waals surface area contributed by atoms with Crippen LogP contribution in [0.5, 0.6) is 0 Å². The van der Waals surface area contributed by atoms with E-state index < -0.39 is 0 Å². The molecule has 0 spiro atoms. The Labute approximate surface area is 70.9 Å². The van der Waals surface area contributed by atoms with Gasteiger partial charge in [-0.15, -0.1) is 0 Å². The quantitative estimate of drug-likeness (QED) is 0.530. The molecule has 4 nitrogen and oxygen atoms in total. The topological polar surface area (TPSA) is 49.4 Å². The van der Waals surface area contributed by atoms with Crippen LogP contribution in [0.2, 0.25) is 0 Å². The molecule has 66 valence electrons. The molecule has 0 radical (unpaired) electrons. The van der Waals surface area contributed by atoms with Gasteiger partial charge in [-0.25, -0.2) is 0 Å². The minimum absolute atomic E-state index is 0.0135. The lowest BCUT2D eigenvalue weighted by Gasteiger charge is -2.32. The number of nitrogens with one attached hydrogen (secondary N) is 1. The van der Waals surface area contributed by atoms with Crippen molar-refractivity contribution in [3.8, 4) is 0 Å². The SMILES string of the molecule is C[C@@H]1NC(=O)C2CCCN2C1=O. The highest BCUT2D eigenvalue weighted by Crippen LogP contribution is 2.21. The zero-order valence-electron chi connectivity index (χ0n) is 7.04. The Morgan fingerprint density at radius 3 is 3.00 bits per heavy atom. The number of piperazine rings is 1. The highest BCUT2D eigenvalue weighted by molar-refractivity contribution is 5.97. The number of hydrogen-bond acceptors (Lipinski definition) is 2. The third-order valence-corrected chi connectivity index (χ3v) is 2.57. The lowest BCUT2D eigenvalue weighted by Crippen LogP contribution is -2.59. The molecule has 2 rings (SSSR count). The number of rotatable bonds is 0. The molecule has 4 heteroatoms. The van der Waals surface area contributed by atoms with Crippen LogP contribution < -0.4 is 5.32 Å². The fourth-order valence-electron chi connectivity index (χ4n) is 1.92. The number of carbonyl (C=O) groups is 2. The average molecular weight is 168 g/mol. The van der Waals surface area contributed by atoms with E-state index in [1.807, 2.05) is 0 Å². The van der Waals surface area contributed by atoms with Gasteiger partial charge in [0, 0.05) is 6.54 Å². The van der Waals surface area contributed by atoms with Crippen molar-refractivity contribution >= 4 is 11.8 Å². The summed E-state index contributed by atoms with van der Waals surface area (Å²) < 4.78 is 0. The number of carbonyl (C=O) groups excluding carboxylic acids is 2. The van der Waals surface area contributed by atoms with E-state index in [1.54, 1.807) is 11.8 Å². The van der Waals surface area contributed by atoms with E-state index in [2.05, 4.69) is 5.32 Å². The first-order valence-electron chi connectivity index (χ1n) is 4.31. The minimum atomic E-state index is -0.327. The fourth-order valence-corrected chi connectivity index (χ4v) is 1.92. The third kappa shape index (κ3) is 0.906. The molecule has 1 unspecified atom stereocenters. The van der Waals surface area contributed by atoms with Crippen LogP contribution >= 0.6 is 0 Å². The standard InChI is InChI=1S/C8H12N2O2/c1-5-8(12)10-4-2-3-6(10)7(11)9-5/h5-6H,2-4H2,1H3,(H,9,11)/t5-,6?/m0/s1. The zero-order valence-corrected chi connectivity index (χ0v) is 7.04. The molecule has 2 amide bonds. The first-order chi connectivity index (χ1) is 5.70. The molecule has 12 heavy (non-hydrogen) atoms. The minimum Gasteiger partial charge on any atom is -0.343 e. The highest BCUT2D eigenvalue weighted by Gasteiger charge is 2.40. The van der Waals surface area contributed by atoms with Crippen molar-refractivity contribution in [3.63, 3.8) is 0 Å². The molecule has 2 aliphatic heterocycles. The number of amides is 2. The lowest BCUT2D eigenvalue weighted by atomic mass is 10.1. The molecule has 0 saturated carbocycles. The Bertz CT molecular complexity index is 239. The van der Waals surface area contributed by atoms with Crippen LogP contribution in [0.25, 0.3) is 0 Å². The molecule has 1 N–H and O–H groups in total. The van der Waals surface area contributed by atoms with Gasteiger partial charge in [0.2, 0.25) is 11.8 Å². The van der Waals surface area contributed by atoms with Crippen molar-refractivity contribution in [2.75, 3.05) is 6.54 Å². The van der Waals surface area contributed by atoms with E-state index >= 15 is 0 Å². The van der Waals surface area contributed by atoms with E-state index in [1.165, 1.54) is 0 Å². The van der Waals surface area contributed by atoms with Gasteiger partial charge < -0.3 is 10.2 Å². The van der Waals surface area contributed by atoms with E-state index in [9.17, 15) is 9.59 Å². The van der Waals surface area contributed by atoms with Crippen LogP contribution in [0.15, 0.2) is 0 Å². The van der Waals surface area contributed by atoms with Gasteiger partial charge in [0.05, 0.1) is 0 Å². The van der Waals surface area contributed by atoms with Crippen LogP contribution in [0.1, 0.15) is 19.8 Å². The average Bonchev–Trinajstić information content (AvgIpc) is 2.48. The largest absolute Gasteiger partial charge is 0.343 e. The van der Waals surface area contributed by atoms with Gasteiger partial charge in [0.25, 0.3) is 0 Å². The molecular weight excluding hydrogens is 156 g/mol. The molecule has 0 aromatic carbocycles. The summed E-state index contributed by atoms with van der Waals surface area (Å²) in [5.74, 6) is 0.0803. The normalized spacial score (nSPS) is 34.9. The second-order valence-electron chi connectivity index (χ2n) is 3.42. The molecule has 0 aromatic heterocycles. The Balaban J connectivity index is 2.23. The van der Waals surface area contributed by atoms with Crippen LogP contribution in [0.4, 0.5) is 0 Å². The van der Waals surface area contributed by atoms with Crippen molar-refractivity contribution in [2.24, 2.45) is 0 Å². The van der Waals surface area contributed by atoms with Crippen molar-refractivity contribution in [1.82, 2.24) is 10.2 Å². The Kier molecular flexibility index (Phi) is 1.56. The maximum atomic E-state index is 11.5. The fraction of sp³-hybridized carbons (Fsp3) is 0.750. The van der Waals surface area contributed by atoms with Gasteiger partial charge in [-0.1, -0.05) is 0 Å². The predicted octanol–water partition coefficient (Wildman–Crippen LogP) is -0.504. The number of fused-ring (bicyclic) bond motifs is 1.